The summed E-state index contributed by atoms with van der Waals surface area (Å²) in [6, 6.07) is 6.43. The fraction of sp³-hybridized carbons (Fsp3) is 0.310. The molecule has 3 aromatic heterocycles. The van der Waals surface area contributed by atoms with Gasteiger partial charge in [0.05, 0.1) is 35.3 Å². The molecule has 2 aromatic carbocycles. The van der Waals surface area contributed by atoms with Crippen LogP contribution in [0.25, 0.3) is 27.7 Å². The fourth-order valence-corrected chi connectivity index (χ4v) is 6.39. The van der Waals surface area contributed by atoms with Gasteiger partial charge >= 0.3 is 6.30 Å². The first kappa shape index (κ1) is 26.4. The highest BCUT2D eigenvalue weighted by molar-refractivity contribution is 5.98. The molecule has 2 bridgehead atoms. The molecule has 8 nitrogen and oxygen atoms in total. The zero-order chi connectivity index (χ0) is 29.3. The summed E-state index contributed by atoms with van der Waals surface area (Å²) in [5, 5.41) is 3.31. The molecule has 8 rings (SSSR count). The second-order valence-corrected chi connectivity index (χ2v) is 11.1. The van der Waals surface area contributed by atoms with Crippen LogP contribution < -0.4 is 5.73 Å². The Labute approximate surface area is 235 Å². The third-order valence-corrected chi connectivity index (χ3v) is 8.61. The Hall–Kier alpha value is -4.55. The van der Waals surface area contributed by atoms with E-state index in [0.717, 1.165) is 50.2 Å². The lowest BCUT2D eigenvalue weighted by atomic mass is 9.62. The molecule has 216 valence electrons. The van der Waals surface area contributed by atoms with E-state index in [9.17, 15) is 18.0 Å². The average Bonchev–Trinajstić information content (AvgIpc) is 3.63. The summed E-state index contributed by atoms with van der Waals surface area (Å²) >= 11 is 0. The van der Waals surface area contributed by atoms with Gasteiger partial charge in [-0.25, -0.2) is 18.7 Å². The molecule has 0 saturated heterocycles. The average molecular weight is 582 g/mol. The molecule has 0 spiro atoms. The molecule has 42 heavy (non-hydrogen) atoms. The molecule has 1 unspecified atom stereocenters. The number of halogens is 5. The van der Waals surface area contributed by atoms with E-state index >= 15 is 8.78 Å². The van der Waals surface area contributed by atoms with Crippen molar-refractivity contribution in [3.8, 4) is 11.1 Å². The molecule has 2 N–H and O–H groups in total. The number of hydrogen-bond donors (Lipinski definition) is 1. The summed E-state index contributed by atoms with van der Waals surface area (Å²) in [4.78, 5) is 24.0. The third kappa shape index (κ3) is 4.34. The molecular formula is C29H24F5N7O. The molecule has 3 aliphatic carbocycles. The standard InChI is InChI=1S/C29H24F5N7O/c30-21-7-16(19-10-37-41(13-19)29(32,33)34)2-3-17(21)12-39(24-4-1-15-5-18(24)6-15)28(42)20-8-25-23(9-22(20)31)38-27(35)26-11-36-14-40(25)26/h2-3,7-11,13-15,18,24H,1,4-6,12H2,(H2,35,38). The highest BCUT2D eigenvalue weighted by Crippen LogP contribution is 2.48. The number of imidazole rings is 1. The fourth-order valence-electron chi connectivity index (χ4n) is 6.39. The van der Waals surface area contributed by atoms with E-state index in [1.54, 1.807) is 9.30 Å². The molecule has 0 aliphatic heterocycles. The van der Waals surface area contributed by atoms with E-state index in [1.165, 1.54) is 30.7 Å². The Kier molecular flexibility index (Phi) is 5.96. The van der Waals surface area contributed by atoms with Crippen molar-refractivity contribution in [2.24, 2.45) is 11.8 Å². The van der Waals surface area contributed by atoms with Crippen LogP contribution in [0.4, 0.5) is 27.8 Å². The van der Waals surface area contributed by atoms with Crippen LogP contribution in [0.3, 0.4) is 0 Å². The van der Waals surface area contributed by atoms with E-state index in [4.69, 9.17) is 5.73 Å². The number of amides is 1. The molecule has 0 radical (unpaired) electrons. The molecule has 3 heterocycles. The van der Waals surface area contributed by atoms with E-state index in [2.05, 4.69) is 15.1 Å². The molecule has 3 fully saturated rings. The number of anilines is 1. The number of benzene rings is 2. The first-order chi connectivity index (χ1) is 20.1. The van der Waals surface area contributed by atoms with Crippen molar-refractivity contribution in [2.75, 3.05) is 5.73 Å². The Morgan fingerprint density at radius 3 is 2.52 bits per heavy atom. The second kappa shape index (κ2) is 9.50. The van der Waals surface area contributed by atoms with Crippen molar-refractivity contribution in [3.05, 3.63) is 78.0 Å². The van der Waals surface area contributed by atoms with Crippen molar-refractivity contribution in [1.82, 2.24) is 29.0 Å². The van der Waals surface area contributed by atoms with Crippen molar-refractivity contribution in [3.63, 3.8) is 0 Å². The Balaban J connectivity index is 1.25. The minimum absolute atomic E-state index is 0.0943. The third-order valence-electron chi connectivity index (χ3n) is 8.61. The van der Waals surface area contributed by atoms with Gasteiger partial charge in [-0.1, -0.05) is 12.1 Å². The largest absolute Gasteiger partial charge is 0.504 e. The first-order valence-electron chi connectivity index (χ1n) is 13.5. The van der Waals surface area contributed by atoms with Gasteiger partial charge in [0.1, 0.15) is 23.0 Å². The van der Waals surface area contributed by atoms with Crippen molar-refractivity contribution < 1.29 is 26.7 Å². The van der Waals surface area contributed by atoms with E-state index < -0.39 is 23.8 Å². The maximum Gasteiger partial charge on any atom is 0.504 e. The van der Waals surface area contributed by atoms with Gasteiger partial charge in [0.2, 0.25) is 0 Å². The number of alkyl halides is 3. The van der Waals surface area contributed by atoms with E-state index in [1.807, 2.05) is 0 Å². The van der Waals surface area contributed by atoms with Gasteiger partial charge in [-0.05, 0) is 55.2 Å². The predicted molar refractivity (Wildman–Crippen MR) is 143 cm³/mol. The summed E-state index contributed by atoms with van der Waals surface area (Å²) in [5.74, 6) is -1.03. The summed E-state index contributed by atoms with van der Waals surface area (Å²) in [5.41, 5.74) is 7.50. The molecule has 1 atom stereocenters. The minimum Gasteiger partial charge on any atom is -0.382 e. The van der Waals surface area contributed by atoms with Gasteiger partial charge in [0, 0.05) is 36.0 Å². The smallest absolute Gasteiger partial charge is 0.382 e. The van der Waals surface area contributed by atoms with Gasteiger partial charge in [0.15, 0.2) is 0 Å². The Morgan fingerprint density at radius 1 is 1.02 bits per heavy atom. The van der Waals surface area contributed by atoms with Crippen LogP contribution in [-0.4, -0.2) is 41.0 Å². The van der Waals surface area contributed by atoms with Crippen LogP contribution >= 0.6 is 0 Å². The van der Waals surface area contributed by atoms with Gasteiger partial charge in [-0.3, -0.25) is 9.20 Å². The van der Waals surface area contributed by atoms with Gasteiger partial charge in [0.25, 0.3) is 5.91 Å². The number of nitrogens with two attached hydrogens (primary N) is 1. The van der Waals surface area contributed by atoms with Gasteiger partial charge < -0.3 is 10.6 Å². The highest BCUT2D eigenvalue weighted by atomic mass is 19.4. The topological polar surface area (TPSA) is 94.3 Å². The Bertz CT molecular complexity index is 1850. The van der Waals surface area contributed by atoms with Crippen molar-refractivity contribution in [1.29, 1.82) is 0 Å². The number of nitrogens with zero attached hydrogens (tertiary/aromatic N) is 6. The maximum absolute atomic E-state index is 15.5. The first-order valence-corrected chi connectivity index (χ1v) is 13.5. The van der Waals surface area contributed by atoms with Crippen LogP contribution in [-0.2, 0) is 12.8 Å². The molecule has 13 heteroatoms. The number of nitrogen functional groups attached to an aromatic ring is 1. The van der Waals surface area contributed by atoms with Crippen LogP contribution in [0.15, 0.2) is 55.2 Å². The SMILES string of the molecule is Nc1nc2cc(F)c(C(=O)N(Cc3ccc(-c4cnn(C(F)(F)F)c4)cc3F)C3CCC4CC3C4)cc2n2cncc12. The molecule has 5 aromatic rings. The number of hydrogen-bond acceptors (Lipinski definition) is 5. The Morgan fingerprint density at radius 2 is 1.83 bits per heavy atom. The van der Waals surface area contributed by atoms with Crippen molar-refractivity contribution in [2.45, 2.75) is 44.6 Å². The van der Waals surface area contributed by atoms with Crippen molar-refractivity contribution >= 4 is 28.3 Å². The lowest BCUT2D eigenvalue weighted by molar-refractivity contribution is -0.212. The molecule has 3 aliphatic rings. The molecule has 3 saturated carbocycles. The minimum atomic E-state index is -4.69. The lowest BCUT2D eigenvalue weighted by Gasteiger charge is -2.50. The summed E-state index contributed by atoms with van der Waals surface area (Å²) in [6.45, 7) is -0.128. The maximum atomic E-state index is 15.5. The number of aromatic nitrogens is 5. The number of rotatable bonds is 5. The zero-order valence-corrected chi connectivity index (χ0v) is 22.0. The monoisotopic (exact) mass is 581 g/mol. The van der Waals surface area contributed by atoms with Gasteiger partial charge in [-0.15, -0.1) is 13.2 Å². The molecular weight excluding hydrogens is 557 g/mol. The quantitative estimate of drug-likeness (QED) is 0.261. The molecule has 1 amide bonds. The van der Waals surface area contributed by atoms with Crippen LogP contribution in [0, 0.1) is 23.5 Å². The summed E-state index contributed by atoms with van der Waals surface area (Å²) in [6.07, 6.45) is 3.68. The number of carbonyl (C=O) groups is 1. The van der Waals surface area contributed by atoms with Gasteiger partial charge in [-0.2, -0.15) is 9.78 Å². The normalized spacial score (nSPS) is 20.2. The van der Waals surface area contributed by atoms with E-state index in [-0.39, 0.29) is 56.8 Å². The lowest BCUT2D eigenvalue weighted by Crippen LogP contribution is -2.51. The number of fused-ring (bicyclic) bond motifs is 5. The summed E-state index contributed by atoms with van der Waals surface area (Å²) < 4.78 is 71.3. The van der Waals surface area contributed by atoms with Crippen LogP contribution in [0.5, 0.6) is 0 Å². The summed E-state index contributed by atoms with van der Waals surface area (Å²) in [7, 11) is 0. The predicted octanol–water partition coefficient (Wildman–Crippen LogP) is 5.91. The number of carbonyl (C=O) groups excluding carboxylic acids is 1. The van der Waals surface area contributed by atoms with Crippen LogP contribution in [0.2, 0.25) is 0 Å². The van der Waals surface area contributed by atoms with Crippen LogP contribution in [0.1, 0.15) is 41.6 Å². The zero-order valence-electron chi connectivity index (χ0n) is 22.0. The highest BCUT2D eigenvalue weighted by Gasteiger charge is 2.44. The van der Waals surface area contributed by atoms with E-state index in [0.29, 0.717) is 17.0 Å². The second-order valence-electron chi connectivity index (χ2n) is 11.1.